The first kappa shape index (κ1) is 20.1. The highest BCUT2D eigenvalue weighted by Gasteiger charge is 2.46. The molecule has 2 aliphatic heterocycles. The van der Waals surface area contributed by atoms with Gasteiger partial charge in [0.25, 0.3) is 5.91 Å². The molecule has 0 aliphatic carbocycles. The van der Waals surface area contributed by atoms with E-state index < -0.39 is 30.6 Å². The van der Waals surface area contributed by atoms with Crippen LogP contribution in [0.2, 0.25) is 5.02 Å². The Hall–Kier alpha value is -3.17. The second-order valence-electron chi connectivity index (χ2n) is 7.07. The Morgan fingerprint density at radius 3 is 2.80 bits per heavy atom. The molecule has 2 aliphatic rings. The van der Waals surface area contributed by atoms with E-state index >= 15 is 0 Å². The van der Waals surface area contributed by atoms with Crippen molar-refractivity contribution in [3.8, 4) is 11.6 Å². The predicted octanol–water partition coefficient (Wildman–Crippen LogP) is 0.717. The van der Waals surface area contributed by atoms with E-state index in [2.05, 4.69) is 15.6 Å². The molecule has 3 heterocycles. The lowest BCUT2D eigenvalue weighted by atomic mass is 10.1. The van der Waals surface area contributed by atoms with Crippen LogP contribution < -0.4 is 15.4 Å². The Labute approximate surface area is 177 Å². The first-order valence-corrected chi connectivity index (χ1v) is 9.75. The fourth-order valence-electron chi connectivity index (χ4n) is 3.61. The topological polar surface area (TPSA) is 121 Å². The van der Waals surface area contributed by atoms with Gasteiger partial charge in [0.15, 0.2) is 0 Å². The first-order chi connectivity index (χ1) is 14.5. The average molecular weight is 431 g/mol. The molecule has 3 atom stereocenters. The summed E-state index contributed by atoms with van der Waals surface area (Å²) in [7, 11) is 0. The van der Waals surface area contributed by atoms with E-state index in [-0.39, 0.29) is 36.2 Å². The summed E-state index contributed by atoms with van der Waals surface area (Å²) < 4.78 is 5.72. The smallest absolute Gasteiger partial charge is 0.257 e. The molecule has 0 spiro atoms. The van der Waals surface area contributed by atoms with Crippen LogP contribution in [-0.4, -0.2) is 64.0 Å². The molecule has 9 nitrogen and oxygen atoms in total. The molecule has 0 unspecified atom stereocenters. The number of carbonyl (C=O) groups excluding carboxylic acids is 3. The van der Waals surface area contributed by atoms with Gasteiger partial charge in [-0.25, -0.2) is 4.98 Å². The number of fused-ring (bicyclic) bond motifs is 1. The molecule has 3 N–H and O–H groups in total. The molecule has 0 radical (unpaired) electrons. The van der Waals surface area contributed by atoms with Gasteiger partial charge in [-0.15, -0.1) is 0 Å². The third-order valence-corrected chi connectivity index (χ3v) is 5.32. The Morgan fingerprint density at radius 1 is 1.30 bits per heavy atom. The Kier molecular flexibility index (Phi) is 5.56. The number of pyridine rings is 1. The molecule has 3 amide bonds. The summed E-state index contributed by atoms with van der Waals surface area (Å²) in [5.41, 5.74) is 0.223. The molecule has 1 aromatic heterocycles. The summed E-state index contributed by atoms with van der Waals surface area (Å²) in [5, 5.41) is 15.2. The van der Waals surface area contributed by atoms with E-state index in [1.165, 1.54) is 11.1 Å². The van der Waals surface area contributed by atoms with Gasteiger partial charge in [-0.2, -0.15) is 0 Å². The summed E-state index contributed by atoms with van der Waals surface area (Å²) in [6, 6.07) is 7.82. The fourth-order valence-corrected chi connectivity index (χ4v) is 3.73. The van der Waals surface area contributed by atoms with Crippen LogP contribution in [0.4, 0.5) is 0 Å². The lowest BCUT2D eigenvalue weighted by Gasteiger charge is -2.33. The van der Waals surface area contributed by atoms with Gasteiger partial charge in [0, 0.05) is 23.8 Å². The minimum Gasteiger partial charge on any atom is -0.438 e. The van der Waals surface area contributed by atoms with Crippen molar-refractivity contribution in [3.63, 3.8) is 0 Å². The lowest BCUT2D eigenvalue weighted by Crippen LogP contribution is -2.62. The number of aliphatic hydroxyl groups is 1. The standard InChI is InChI=1S/C20H19ClN4O5/c21-11-3-5-13(6-4-11)30-19-14(2-1-7-22-19)17(27)23-12-8-16-18(28)24-15(10-26)20(29)25(16)9-12/h1-7,12,15-16,26H,8-10H2,(H,23,27)(H,24,28)/t12-,15+,16-/m0/s1. The molecule has 0 saturated carbocycles. The largest absolute Gasteiger partial charge is 0.438 e. The molecule has 2 saturated heterocycles. The number of aliphatic hydroxyl groups excluding tert-OH is 1. The third-order valence-electron chi connectivity index (χ3n) is 5.06. The number of rotatable bonds is 5. The zero-order valence-corrected chi connectivity index (χ0v) is 16.5. The van der Waals surface area contributed by atoms with E-state index in [9.17, 15) is 19.5 Å². The number of hydrogen-bond acceptors (Lipinski definition) is 6. The molecule has 4 rings (SSSR count). The summed E-state index contributed by atoms with van der Waals surface area (Å²) in [6.45, 7) is -0.279. The maximum absolute atomic E-state index is 12.9. The molecule has 0 bridgehead atoms. The second kappa shape index (κ2) is 8.29. The number of halogens is 1. The van der Waals surface area contributed by atoms with Crippen molar-refractivity contribution >= 4 is 29.3 Å². The van der Waals surface area contributed by atoms with Crippen molar-refractivity contribution in [2.45, 2.75) is 24.5 Å². The van der Waals surface area contributed by atoms with Crippen molar-refractivity contribution in [2.75, 3.05) is 13.2 Å². The number of benzene rings is 1. The maximum atomic E-state index is 12.9. The SMILES string of the molecule is O=C(N[C@H]1C[C@H]2C(=O)N[C@H](CO)C(=O)N2C1)c1cccnc1Oc1ccc(Cl)cc1. The number of piperazine rings is 1. The zero-order valence-electron chi connectivity index (χ0n) is 15.7. The van der Waals surface area contributed by atoms with Gasteiger partial charge in [0.05, 0.1) is 6.61 Å². The molecule has 30 heavy (non-hydrogen) atoms. The molecule has 1 aromatic carbocycles. The van der Waals surface area contributed by atoms with Crippen molar-refractivity contribution < 1.29 is 24.2 Å². The van der Waals surface area contributed by atoms with Crippen LogP contribution >= 0.6 is 11.6 Å². The van der Waals surface area contributed by atoms with Gasteiger partial charge >= 0.3 is 0 Å². The quantitative estimate of drug-likeness (QED) is 0.642. The minimum absolute atomic E-state index is 0.127. The van der Waals surface area contributed by atoms with Crippen molar-refractivity contribution in [1.82, 2.24) is 20.5 Å². The molecule has 10 heteroatoms. The van der Waals surface area contributed by atoms with E-state index in [1.807, 2.05) is 0 Å². The van der Waals surface area contributed by atoms with Gasteiger partial charge in [0.2, 0.25) is 17.7 Å². The molecule has 2 fully saturated rings. The van der Waals surface area contributed by atoms with Crippen LogP contribution in [0.3, 0.4) is 0 Å². The summed E-state index contributed by atoms with van der Waals surface area (Å²) in [4.78, 5) is 43.0. The van der Waals surface area contributed by atoms with Crippen LogP contribution in [0.5, 0.6) is 11.6 Å². The van der Waals surface area contributed by atoms with Crippen LogP contribution in [0.15, 0.2) is 42.6 Å². The number of carbonyl (C=O) groups is 3. The van der Waals surface area contributed by atoms with Crippen molar-refractivity contribution in [2.24, 2.45) is 0 Å². The fraction of sp³-hybridized carbons (Fsp3) is 0.300. The van der Waals surface area contributed by atoms with Gasteiger partial charge in [-0.05, 0) is 42.8 Å². The van der Waals surface area contributed by atoms with E-state index in [0.29, 0.717) is 10.8 Å². The monoisotopic (exact) mass is 430 g/mol. The summed E-state index contributed by atoms with van der Waals surface area (Å²) in [6.07, 6.45) is 1.80. The van der Waals surface area contributed by atoms with Gasteiger partial charge < -0.3 is 25.4 Å². The number of aromatic nitrogens is 1. The normalized spacial score (nSPS) is 23.0. The first-order valence-electron chi connectivity index (χ1n) is 9.37. The van der Waals surface area contributed by atoms with E-state index in [4.69, 9.17) is 16.3 Å². The Bertz CT molecular complexity index is 983. The van der Waals surface area contributed by atoms with E-state index in [0.717, 1.165) is 0 Å². The third kappa shape index (κ3) is 3.94. The second-order valence-corrected chi connectivity index (χ2v) is 7.50. The van der Waals surface area contributed by atoms with Crippen LogP contribution in [0.1, 0.15) is 16.8 Å². The average Bonchev–Trinajstić information content (AvgIpc) is 3.17. The molecule has 2 aromatic rings. The highest BCUT2D eigenvalue weighted by Crippen LogP contribution is 2.26. The highest BCUT2D eigenvalue weighted by atomic mass is 35.5. The van der Waals surface area contributed by atoms with Gasteiger partial charge in [-0.1, -0.05) is 11.6 Å². The minimum atomic E-state index is -0.944. The predicted molar refractivity (Wildman–Crippen MR) is 106 cm³/mol. The summed E-state index contributed by atoms with van der Waals surface area (Å²) >= 11 is 5.88. The van der Waals surface area contributed by atoms with Gasteiger partial charge in [0.1, 0.15) is 23.4 Å². The number of nitrogens with zero attached hydrogens (tertiary/aromatic N) is 2. The molecule has 156 valence electrons. The van der Waals surface area contributed by atoms with Gasteiger partial charge in [-0.3, -0.25) is 14.4 Å². The number of ether oxygens (including phenoxy) is 1. The zero-order chi connectivity index (χ0) is 21.3. The number of hydrogen-bond donors (Lipinski definition) is 3. The highest BCUT2D eigenvalue weighted by molar-refractivity contribution is 6.30. The molecular formula is C20H19ClN4O5. The van der Waals surface area contributed by atoms with Crippen LogP contribution in [0, 0.1) is 0 Å². The Morgan fingerprint density at radius 2 is 2.07 bits per heavy atom. The van der Waals surface area contributed by atoms with E-state index in [1.54, 1.807) is 36.4 Å². The van der Waals surface area contributed by atoms with Crippen molar-refractivity contribution in [1.29, 1.82) is 0 Å². The van der Waals surface area contributed by atoms with Crippen LogP contribution in [-0.2, 0) is 9.59 Å². The molecular weight excluding hydrogens is 412 g/mol. The number of amides is 3. The maximum Gasteiger partial charge on any atom is 0.257 e. The Balaban J connectivity index is 1.47. The lowest BCUT2D eigenvalue weighted by molar-refractivity contribution is -0.148. The number of nitrogens with one attached hydrogen (secondary N) is 2. The summed E-state index contributed by atoms with van der Waals surface area (Å²) in [5.74, 6) is -0.515. The van der Waals surface area contributed by atoms with Crippen LogP contribution in [0.25, 0.3) is 0 Å². The van der Waals surface area contributed by atoms with Crippen molar-refractivity contribution in [3.05, 3.63) is 53.2 Å².